The number of fused-ring (bicyclic) bond motifs is 1. The van der Waals surface area contributed by atoms with E-state index < -0.39 is 18.5 Å². The van der Waals surface area contributed by atoms with Crippen LogP contribution < -0.4 is 4.80 Å². The van der Waals surface area contributed by atoms with E-state index in [1.165, 1.54) is 16.2 Å². The molecule has 1 saturated carbocycles. The van der Waals surface area contributed by atoms with Crippen LogP contribution in [0.15, 0.2) is 40.8 Å². The van der Waals surface area contributed by atoms with Crippen molar-refractivity contribution in [3.8, 4) is 0 Å². The number of rotatable bonds is 7. The molecule has 1 aromatic carbocycles. The van der Waals surface area contributed by atoms with Crippen LogP contribution in [0.25, 0.3) is 0 Å². The third kappa shape index (κ3) is 5.42. The molecule has 2 atom stereocenters. The lowest BCUT2D eigenvalue weighted by molar-refractivity contribution is -0.149. The Morgan fingerprint density at radius 3 is 2.52 bits per heavy atom. The molecule has 174 valence electrons. The van der Waals surface area contributed by atoms with Crippen LogP contribution in [0.4, 0.5) is 0 Å². The number of benzene rings is 1. The van der Waals surface area contributed by atoms with Crippen LogP contribution in [0.1, 0.15) is 37.7 Å². The van der Waals surface area contributed by atoms with E-state index in [-0.39, 0.29) is 36.6 Å². The Bertz CT molecular complexity index is 1120. The molecule has 0 unspecified atom stereocenters. The van der Waals surface area contributed by atoms with Crippen LogP contribution in [0.5, 0.6) is 0 Å². The number of carbonyl (C=O) groups is 4. The lowest BCUT2D eigenvalue weighted by atomic mass is 9.81. The molecule has 0 bridgehead atoms. The number of likely N-dealkylation sites (tertiary alicyclic amines) is 1. The molecule has 3 amide bonds. The van der Waals surface area contributed by atoms with Gasteiger partial charge in [0.1, 0.15) is 0 Å². The zero-order chi connectivity index (χ0) is 23.4. The Morgan fingerprint density at radius 2 is 1.82 bits per heavy atom. The number of thiazole rings is 1. The zero-order valence-electron chi connectivity index (χ0n) is 17.9. The smallest absolute Gasteiger partial charge is 0.308 e. The van der Waals surface area contributed by atoms with Crippen LogP contribution in [0.2, 0.25) is 5.02 Å². The van der Waals surface area contributed by atoms with E-state index in [9.17, 15) is 19.2 Å². The first-order valence-corrected chi connectivity index (χ1v) is 12.2. The van der Waals surface area contributed by atoms with E-state index in [1.807, 2.05) is 18.2 Å². The van der Waals surface area contributed by atoms with E-state index >= 15 is 0 Å². The highest BCUT2D eigenvalue weighted by Gasteiger charge is 2.47. The third-order valence-electron chi connectivity index (χ3n) is 6.01. The fourth-order valence-corrected chi connectivity index (χ4v) is 5.27. The summed E-state index contributed by atoms with van der Waals surface area (Å²) >= 11 is 7.49. The quantitative estimate of drug-likeness (QED) is 0.440. The predicted octanol–water partition coefficient (Wildman–Crippen LogP) is 2.79. The summed E-state index contributed by atoms with van der Waals surface area (Å²) in [4.78, 5) is 54.9. The fraction of sp³-hybridized carbons (Fsp3) is 0.435. The number of hydrogen-bond donors (Lipinski definition) is 0. The molecule has 0 N–H and O–H groups in total. The maximum Gasteiger partial charge on any atom is 0.308 e. The molecular formula is C23H24ClN3O5S. The number of hydrogen-bond acceptors (Lipinski definition) is 6. The average Bonchev–Trinajstić information content (AvgIpc) is 3.34. The molecule has 0 spiro atoms. The molecule has 4 rings (SSSR count). The highest BCUT2D eigenvalue weighted by molar-refractivity contribution is 7.07. The number of carbonyl (C=O) groups excluding carboxylic acids is 4. The molecule has 2 fully saturated rings. The largest absolute Gasteiger partial charge is 0.455 e. The molecule has 1 aliphatic heterocycles. The minimum absolute atomic E-state index is 0.0163. The number of nitrogens with zero attached hydrogens (tertiary/aromatic N) is 3. The topological polar surface area (TPSA) is 98.0 Å². The van der Waals surface area contributed by atoms with Crippen molar-refractivity contribution in [3.63, 3.8) is 0 Å². The summed E-state index contributed by atoms with van der Waals surface area (Å²) in [7, 11) is 0. The van der Waals surface area contributed by atoms with Crippen molar-refractivity contribution in [3.05, 3.63) is 51.2 Å². The Morgan fingerprint density at radius 1 is 1.12 bits per heavy atom. The number of aromatic nitrogens is 1. The van der Waals surface area contributed by atoms with Gasteiger partial charge in [-0.15, -0.1) is 11.3 Å². The van der Waals surface area contributed by atoms with E-state index in [2.05, 4.69) is 4.99 Å². The summed E-state index contributed by atoms with van der Waals surface area (Å²) < 4.78 is 6.81. The van der Waals surface area contributed by atoms with Crippen molar-refractivity contribution in [1.29, 1.82) is 0 Å². The molecule has 10 heteroatoms. The second-order valence-corrected chi connectivity index (χ2v) is 9.43. The maximum atomic E-state index is 12.5. The average molecular weight is 490 g/mol. The third-order valence-corrected chi connectivity index (χ3v) is 7.17. The van der Waals surface area contributed by atoms with Crippen molar-refractivity contribution in [2.75, 3.05) is 13.2 Å². The molecule has 0 radical (unpaired) electrons. The Kier molecular flexibility index (Phi) is 7.39. The molecule has 1 aromatic heterocycles. The molecule has 33 heavy (non-hydrogen) atoms. The molecule has 1 saturated heterocycles. The Balaban J connectivity index is 1.28. The van der Waals surface area contributed by atoms with Gasteiger partial charge in [-0.3, -0.25) is 24.1 Å². The molecular weight excluding hydrogens is 466 g/mol. The van der Waals surface area contributed by atoms with Gasteiger partial charge in [-0.25, -0.2) is 0 Å². The van der Waals surface area contributed by atoms with E-state index in [1.54, 1.807) is 22.2 Å². The summed E-state index contributed by atoms with van der Waals surface area (Å²) in [6, 6.07) is 7.41. The summed E-state index contributed by atoms with van der Waals surface area (Å²) in [6.07, 6.45) is 5.01. The first-order chi connectivity index (χ1) is 15.9. The maximum absolute atomic E-state index is 12.5. The van der Waals surface area contributed by atoms with Crippen molar-refractivity contribution >= 4 is 46.6 Å². The van der Waals surface area contributed by atoms with Gasteiger partial charge in [0.2, 0.25) is 11.8 Å². The number of amides is 3. The molecule has 8 nitrogen and oxygen atoms in total. The van der Waals surface area contributed by atoms with Crippen molar-refractivity contribution in [1.82, 2.24) is 9.47 Å². The molecule has 2 aliphatic rings. The van der Waals surface area contributed by atoms with Gasteiger partial charge in [0.15, 0.2) is 11.4 Å². The second-order valence-electron chi connectivity index (χ2n) is 8.15. The monoisotopic (exact) mass is 489 g/mol. The van der Waals surface area contributed by atoms with Crippen LogP contribution in [-0.4, -0.2) is 46.3 Å². The summed E-state index contributed by atoms with van der Waals surface area (Å²) in [6.45, 7) is -0.0669. The zero-order valence-corrected chi connectivity index (χ0v) is 19.5. The lowest BCUT2D eigenvalue weighted by Gasteiger charge is -2.19. The summed E-state index contributed by atoms with van der Waals surface area (Å²) in [5.41, 5.74) is 0.892. The standard InChI is InChI=1S/C23H24ClN3O5S/c24-18-8-4-1-5-15(18)13-26-11-12-33-23(26)25-19(28)14-32-20(29)9-10-27-21(30)16-6-2-3-7-17(16)22(27)31/h1,4-5,8,11-12,16-17H,2-3,6-7,9-10,13-14H2/t16-,17+. The highest BCUT2D eigenvalue weighted by Crippen LogP contribution is 2.37. The highest BCUT2D eigenvalue weighted by atomic mass is 35.5. The van der Waals surface area contributed by atoms with Crippen molar-refractivity contribution in [2.24, 2.45) is 16.8 Å². The molecule has 2 heterocycles. The van der Waals surface area contributed by atoms with Gasteiger partial charge in [0, 0.05) is 23.1 Å². The van der Waals surface area contributed by atoms with Gasteiger partial charge >= 0.3 is 5.97 Å². The van der Waals surface area contributed by atoms with Crippen molar-refractivity contribution in [2.45, 2.75) is 38.6 Å². The minimum Gasteiger partial charge on any atom is -0.455 e. The van der Waals surface area contributed by atoms with Gasteiger partial charge in [-0.2, -0.15) is 4.99 Å². The van der Waals surface area contributed by atoms with Crippen LogP contribution in [0.3, 0.4) is 0 Å². The van der Waals surface area contributed by atoms with Gasteiger partial charge in [-0.05, 0) is 24.5 Å². The predicted molar refractivity (Wildman–Crippen MR) is 121 cm³/mol. The Labute approximate surface area is 199 Å². The SMILES string of the molecule is O=C(COC(=O)CCN1C(=O)[C@H]2CCCC[C@H]2C1=O)N=c1sccn1Cc1ccccc1Cl. The lowest BCUT2D eigenvalue weighted by Crippen LogP contribution is -2.33. The summed E-state index contributed by atoms with van der Waals surface area (Å²) in [5.74, 6) is -2.12. The Hall–Kier alpha value is -2.78. The first kappa shape index (κ1) is 23.4. The summed E-state index contributed by atoms with van der Waals surface area (Å²) in [5, 5.41) is 2.42. The second kappa shape index (κ2) is 10.4. The normalized spacial score (nSPS) is 20.8. The number of esters is 1. The van der Waals surface area contributed by atoms with Gasteiger partial charge in [0.25, 0.3) is 5.91 Å². The number of ether oxygens (including phenoxy) is 1. The van der Waals surface area contributed by atoms with E-state index in [0.717, 1.165) is 31.2 Å². The number of imide groups is 1. The molecule has 1 aliphatic carbocycles. The first-order valence-electron chi connectivity index (χ1n) is 10.9. The fourth-order valence-electron chi connectivity index (χ4n) is 4.33. The van der Waals surface area contributed by atoms with Crippen molar-refractivity contribution < 1.29 is 23.9 Å². The van der Waals surface area contributed by atoms with Gasteiger partial charge in [-0.1, -0.05) is 42.6 Å². The number of halogens is 1. The van der Waals surface area contributed by atoms with Crippen LogP contribution in [-0.2, 0) is 30.5 Å². The minimum atomic E-state index is -0.649. The van der Waals surface area contributed by atoms with Crippen LogP contribution in [0, 0.1) is 11.8 Å². The van der Waals surface area contributed by atoms with Crippen LogP contribution >= 0.6 is 22.9 Å². The van der Waals surface area contributed by atoms with E-state index in [0.29, 0.717) is 16.4 Å². The van der Waals surface area contributed by atoms with Gasteiger partial charge < -0.3 is 9.30 Å². The molecule has 2 aromatic rings. The van der Waals surface area contributed by atoms with Gasteiger partial charge in [0.05, 0.1) is 24.8 Å². The van der Waals surface area contributed by atoms with E-state index in [4.69, 9.17) is 16.3 Å².